The molecule has 0 unspecified atom stereocenters. The molecule has 1 heterocycles. The van der Waals surface area contributed by atoms with E-state index in [-0.39, 0.29) is 13.0 Å². The van der Waals surface area contributed by atoms with Gasteiger partial charge in [0.25, 0.3) is 0 Å². The third-order valence-electron chi connectivity index (χ3n) is 3.12. The van der Waals surface area contributed by atoms with Crippen molar-refractivity contribution in [1.29, 1.82) is 0 Å². The van der Waals surface area contributed by atoms with Gasteiger partial charge in [0.15, 0.2) is 0 Å². The molecular formula is C14H14F3NO2. The predicted octanol–water partition coefficient (Wildman–Crippen LogP) is 3.61. The molecule has 0 aliphatic heterocycles. The molecule has 0 saturated carbocycles. The number of aryl methyl sites for hydroxylation is 2. The second-order valence-electron chi connectivity index (χ2n) is 4.62. The van der Waals surface area contributed by atoms with Crippen molar-refractivity contribution >= 4 is 16.9 Å². The maximum Gasteiger partial charge on any atom is 0.390 e. The highest BCUT2D eigenvalue weighted by Crippen LogP contribution is 2.26. The van der Waals surface area contributed by atoms with Gasteiger partial charge in [-0.05, 0) is 18.1 Å². The number of para-hydroxylation sites is 1. The first-order chi connectivity index (χ1) is 9.37. The van der Waals surface area contributed by atoms with Crippen molar-refractivity contribution in [2.45, 2.75) is 32.0 Å². The third kappa shape index (κ3) is 3.53. The number of rotatable bonds is 5. The van der Waals surface area contributed by atoms with Crippen LogP contribution in [-0.2, 0) is 17.8 Å². The molecule has 0 saturated heterocycles. The Morgan fingerprint density at radius 1 is 1.25 bits per heavy atom. The summed E-state index contributed by atoms with van der Waals surface area (Å²) in [6.07, 6.45) is -3.20. The molecule has 0 amide bonds. The predicted molar refractivity (Wildman–Crippen MR) is 68.6 cm³/mol. The molecule has 1 aromatic heterocycles. The first-order valence-corrected chi connectivity index (χ1v) is 6.22. The highest BCUT2D eigenvalue weighted by Gasteiger charge is 2.27. The van der Waals surface area contributed by atoms with Crippen LogP contribution in [0.1, 0.15) is 18.4 Å². The third-order valence-corrected chi connectivity index (χ3v) is 3.12. The van der Waals surface area contributed by atoms with E-state index >= 15 is 0 Å². The van der Waals surface area contributed by atoms with Crippen LogP contribution in [0.5, 0.6) is 0 Å². The number of hydrogen-bond acceptors (Lipinski definition) is 1. The molecule has 1 N–H and O–H groups in total. The Labute approximate surface area is 113 Å². The number of aromatic nitrogens is 1. The topological polar surface area (TPSA) is 42.2 Å². The van der Waals surface area contributed by atoms with Crippen LogP contribution in [-0.4, -0.2) is 21.8 Å². The van der Waals surface area contributed by atoms with Crippen LogP contribution in [0, 0.1) is 0 Å². The Balaban J connectivity index is 2.28. The number of nitrogens with zero attached hydrogens (tertiary/aromatic N) is 1. The zero-order valence-electron chi connectivity index (χ0n) is 10.7. The van der Waals surface area contributed by atoms with Crippen molar-refractivity contribution < 1.29 is 23.1 Å². The fourth-order valence-electron chi connectivity index (χ4n) is 2.20. The first kappa shape index (κ1) is 14.4. The van der Waals surface area contributed by atoms with Gasteiger partial charge in [-0.25, -0.2) is 0 Å². The molecule has 2 rings (SSSR count). The summed E-state index contributed by atoms with van der Waals surface area (Å²) in [7, 11) is 0. The molecule has 0 bridgehead atoms. The van der Waals surface area contributed by atoms with Gasteiger partial charge in [0.1, 0.15) is 0 Å². The average molecular weight is 285 g/mol. The van der Waals surface area contributed by atoms with Gasteiger partial charge in [0, 0.05) is 30.1 Å². The fraction of sp³-hybridized carbons (Fsp3) is 0.357. The van der Waals surface area contributed by atoms with E-state index in [1.165, 1.54) is 0 Å². The summed E-state index contributed by atoms with van der Waals surface area (Å²) in [5.41, 5.74) is 1.47. The lowest BCUT2D eigenvalue weighted by molar-refractivity contribution is -0.137. The molecule has 20 heavy (non-hydrogen) atoms. The second kappa shape index (κ2) is 5.56. The molecule has 0 aliphatic carbocycles. The molecule has 0 radical (unpaired) electrons. The van der Waals surface area contributed by atoms with E-state index in [0.29, 0.717) is 11.9 Å². The molecule has 0 atom stereocenters. The van der Waals surface area contributed by atoms with Gasteiger partial charge >= 0.3 is 12.1 Å². The highest BCUT2D eigenvalue weighted by molar-refractivity contribution is 5.84. The number of benzene rings is 1. The largest absolute Gasteiger partial charge is 0.481 e. The molecule has 0 fully saturated rings. The van der Waals surface area contributed by atoms with Gasteiger partial charge in [-0.2, -0.15) is 13.2 Å². The summed E-state index contributed by atoms with van der Waals surface area (Å²) in [6.45, 7) is -0.156. The number of carboxylic acids is 1. The lowest BCUT2D eigenvalue weighted by Crippen LogP contribution is -2.11. The van der Waals surface area contributed by atoms with Crippen LogP contribution in [0.2, 0.25) is 0 Å². The average Bonchev–Trinajstić information content (AvgIpc) is 2.71. The molecular weight excluding hydrogens is 271 g/mol. The number of halogens is 3. The maximum absolute atomic E-state index is 12.3. The summed E-state index contributed by atoms with van der Waals surface area (Å²) in [5.74, 6) is -0.919. The molecule has 0 aliphatic rings. The van der Waals surface area contributed by atoms with E-state index < -0.39 is 18.6 Å². The number of hydrogen-bond donors (Lipinski definition) is 1. The van der Waals surface area contributed by atoms with Crippen molar-refractivity contribution in [3.63, 3.8) is 0 Å². The van der Waals surface area contributed by atoms with Gasteiger partial charge in [-0.15, -0.1) is 0 Å². The van der Waals surface area contributed by atoms with Crippen molar-refractivity contribution in [2.24, 2.45) is 0 Å². The Morgan fingerprint density at radius 3 is 2.60 bits per heavy atom. The quantitative estimate of drug-likeness (QED) is 0.911. The summed E-state index contributed by atoms with van der Waals surface area (Å²) >= 11 is 0. The standard InChI is InChI=1S/C14H14F3NO2/c15-14(16,17)7-8-18-9-10(5-6-13(19)20)11-3-1-2-4-12(11)18/h1-4,9H,5-8H2,(H,19,20). The van der Waals surface area contributed by atoms with Crippen LogP contribution < -0.4 is 0 Å². The summed E-state index contributed by atoms with van der Waals surface area (Å²) in [6, 6.07) is 7.10. The van der Waals surface area contributed by atoms with E-state index in [9.17, 15) is 18.0 Å². The van der Waals surface area contributed by atoms with Gasteiger partial charge < -0.3 is 9.67 Å². The minimum absolute atomic E-state index is 0.0344. The van der Waals surface area contributed by atoms with Gasteiger partial charge in [0.05, 0.1) is 6.42 Å². The Bertz CT molecular complexity index is 616. The minimum Gasteiger partial charge on any atom is -0.481 e. The molecule has 0 spiro atoms. The van der Waals surface area contributed by atoms with E-state index in [1.807, 2.05) is 0 Å². The van der Waals surface area contributed by atoms with E-state index in [0.717, 1.165) is 10.9 Å². The van der Waals surface area contributed by atoms with Crippen molar-refractivity contribution in [1.82, 2.24) is 4.57 Å². The Hall–Kier alpha value is -1.98. The number of alkyl halides is 3. The van der Waals surface area contributed by atoms with E-state index in [1.54, 1.807) is 35.0 Å². The molecule has 6 heteroatoms. The van der Waals surface area contributed by atoms with Gasteiger partial charge in [0.2, 0.25) is 0 Å². The van der Waals surface area contributed by atoms with Crippen LogP contribution in [0.15, 0.2) is 30.5 Å². The number of aliphatic carboxylic acids is 1. The van der Waals surface area contributed by atoms with E-state index in [2.05, 4.69) is 0 Å². The Kier molecular flexibility index (Phi) is 4.01. The molecule has 1 aromatic carbocycles. The smallest absolute Gasteiger partial charge is 0.390 e. The van der Waals surface area contributed by atoms with Gasteiger partial charge in [-0.1, -0.05) is 18.2 Å². The maximum atomic E-state index is 12.3. The van der Waals surface area contributed by atoms with Crippen molar-refractivity contribution in [3.05, 3.63) is 36.0 Å². The van der Waals surface area contributed by atoms with Crippen LogP contribution >= 0.6 is 0 Å². The molecule has 3 nitrogen and oxygen atoms in total. The summed E-state index contributed by atoms with van der Waals surface area (Å²) < 4.78 is 38.5. The Morgan fingerprint density at radius 2 is 1.95 bits per heavy atom. The first-order valence-electron chi connectivity index (χ1n) is 6.22. The number of fused-ring (bicyclic) bond motifs is 1. The second-order valence-corrected chi connectivity index (χ2v) is 4.62. The zero-order valence-corrected chi connectivity index (χ0v) is 10.7. The van der Waals surface area contributed by atoms with Crippen LogP contribution in [0.4, 0.5) is 13.2 Å². The van der Waals surface area contributed by atoms with Crippen molar-refractivity contribution in [2.75, 3.05) is 0 Å². The van der Waals surface area contributed by atoms with Crippen molar-refractivity contribution in [3.8, 4) is 0 Å². The number of carbonyl (C=O) groups is 1. The summed E-state index contributed by atoms with van der Waals surface area (Å²) in [4.78, 5) is 10.6. The fourth-order valence-corrected chi connectivity index (χ4v) is 2.20. The molecule has 2 aromatic rings. The highest BCUT2D eigenvalue weighted by atomic mass is 19.4. The van der Waals surface area contributed by atoms with Crippen LogP contribution in [0.3, 0.4) is 0 Å². The lowest BCUT2D eigenvalue weighted by atomic mass is 10.1. The monoisotopic (exact) mass is 285 g/mol. The normalized spacial score (nSPS) is 11.9. The van der Waals surface area contributed by atoms with Crippen LogP contribution in [0.25, 0.3) is 10.9 Å². The SMILES string of the molecule is O=C(O)CCc1cn(CCC(F)(F)F)c2ccccc12. The lowest BCUT2D eigenvalue weighted by Gasteiger charge is -2.08. The van der Waals surface area contributed by atoms with E-state index in [4.69, 9.17) is 5.11 Å². The zero-order chi connectivity index (χ0) is 14.8. The number of carboxylic acid groups (broad SMARTS) is 1. The minimum atomic E-state index is -4.20. The summed E-state index contributed by atoms with van der Waals surface area (Å²) in [5, 5.41) is 9.52. The molecule has 108 valence electrons. The van der Waals surface area contributed by atoms with Gasteiger partial charge in [-0.3, -0.25) is 4.79 Å².